The van der Waals surface area contributed by atoms with Crippen LogP contribution in [0.1, 0.15) is 31.7 Å². The molecule has 2 atom stereocenters. The Morgan fingerprint density at radius 2 is 2.05 bits per heavy atom. The third-order valence-electron chi connectivity index (χ3n) is 4.25. The van der Waals surface area contributed by atoms with Crippen molar-refractivity contribution in [3.8, 4) is 0 Å². The van der Waals surface area contributed by atoms with Gasteiger partial charge in [0.25, 0.3) is 0 Å². The zero-order valence-electron chi connectivity index (χ0n) is 13.1. The highest BCUT2D eigenvalue weighted by Gasteiger charge is 2.27. The number of carbonyl (C=O) groups is 1. The van der Waals surface area contributed by atoms with E-state index in [1.165, 1.54) is 5.56 Å². The van der Waals surface area contributed by atoms with Crippen molar-refractivity contribution >= 4 is 15.7 Å². The van der Waals surface area contributed by atoms with E-state index in [-0.39, 0.29) is 17.7 Å². The van der Waals surface area contributed by atoms with Gasteiger partial charge in [-0.1, -0.05) is 37.3 Å². The topological polar surface area (TPSA) is 63.2 Å². The van der Waals surface area contributed by atoms with E-state index in [0.717, 1.165) is 25.7 Å². The Morgan fingerprint density at radius 3 is 2.68 bits per heavy atom. The van der Waals surface area contributed by atoms with Gasteiger partial charge in [-0.3, -0.25) is 4.79 Å². The molecule has 1 saturated heterocycles. The summed E-state index contributed by atoms with van der Waals surface area (Å²) in [5, 5.41) is 2.96. The van der Waals surface area contributed by atoms with Gasteiger partial charge in [0.1, 0.15) is 0 Å². The fourth-order valence-corrected chi connectivity index (χ4v) is 4.85. The summed E-state index contributed by atoms with van der Waals surface area (Å²) in [7, 11) is -2.78. The molecule has 0 radical (unpaired) electrons. The molecule has 1 heterocycles. The third kappa shape index (κ3) is 5.44. The minimum atomic E-state index is -2.78. The number of hydrogen-bond acceptors (Lipinski definition) is 3. The summed E-state index contributed by atoms with van der Waals surface area (Å²) in [6.45, 7) is 2.57. The first-order chi connectivity index (χ1) is 10.5. The van der Waals surface area contributed by atoms with Crippen LogP contribution < -0.4 is 5.32 Å². The molecule has 0 bridgehead atoms. The van der Waals surface area contributed by atoms with Gasteiger partial charge in [-0.25, -0.2) is 8.42 Å². The molecule has 22 heavy (non-hydrogen) atoms. The minimum Gasteiger partial charge on any atom is -0.356 e. The number of hydrogen-bond donors (Lipinski definition) is 1. The second-order valence-electron chi connectivity index (χ2n) is 6.29. The van der Waals surface area contributed by atoms with Crippen molar-refractivity contribution in [2.75, 3.05) is 18.1 Å². The molecule has 1 amide bonds. The lowest BCUT2D eigenvalue weighted by atomic mass is 10.00. The first-order valence-corrected chi connectivity index (χ1v) is 9.80. The maximum absolute atomic E-state index is 12.0. The highest BCUT2D eigenvalue weighted by Crippen LogP contribution is 2.22. The first kappa shape index (κ1) is 17.0. The molecule has 0 aliphatic carbocycles. The molecule has 5 heteroatoms. The predicted molar refractivity (Wildman–Crippen MR) is 88.3 cm³/mol. The quantitative estimate of drug-likeness (QED) is 0.782. The molecule has 122 valence electrons. The Morgan fingerprint density at radius 1 is 1.32 bits per heavy atom. The molecule has 2 rings (SSSR count). The van der Waals surface area contributed by atoms with E-state index < -0.39 is 9.84 Å². The first-order valence-electron chi connectivity index (χ1n) is 7.98. The maximum Gasteiger partial charge on any atom is 0.223 e. The minimum absolute atomic E-state index is 0.0470. The van der Waals surface area contributed by atoms with Crippen LogP contribution in [0.2, 0.25) is 0 Å². The summed E-state index contributed by atoms with van der Waals surface area (Å²) in [4.78, 5) is 12.0. The van der Waals surface area contributed by atoms with Gasteiger partial charge in [0.05, 0.1) is 11.5 Å². The summed E-state index contributed by atoms with van der Waals surface area (Å²) in [5.74, 6) is 0.963. The molecule has 0 aromatic heterocycles. The molecule has 1 aromatic carbocycles. The van der Waals surface area contributed by atoms with Crippen molar-refractivity contribution < 1.29 is 13.2 Å². The van der Waals surface area contributed by atoms with E-state index >= 15 is 0 Å². The van der Waals surface area contributed by atoms with Crippen molar-refractivity contribution in [1.82, 2.24) is 5.32 Å². The van der Waals surface area contributed by atoms with Crippen LogP contribution >= 0.6 is 0 Å². The van der Waals surface area contributed by atoms with Crippen molar-refractivity contribution in [3.63, 3.8) is 0 Å². The largest absolute Gasteiger partial charge is 0.356 e. The molecule has 1 aliphatic rings. The second-order valence-corrected chi connectivity index (χ2v) is 8.52. The molecule has 1 aromatic rings. The molecule has 1 fully saturated rings. The zero-order chi connectivity index (χ0) is 16.0. The summed E-state index contributed by atoms with van der Waals surface area (Å²) < 4.78 is 22.8. The van der Waals surface area contributed by atoms with Gasteiger partial charge in [-0.05, 0) is 37.2 Å². The van der Waals surface area contributed by atoms with Crippen molar-refractivity contribution in [2.24, 2.45) is 11.8 Å². The van der Waals surface area contributed by atoms with Crippen molar-refractivity contribution in [2.45, 2.75) is 32.6 Å². The number of nitrogens with one attached hydrogen (secondary N) is 1. The van der Waals surface area contributed by atoms with E-state index in [9.17, 15) is 13.2 Å². The van der Waals surface area contributed by atoms with Crippen LogP contribution in [0.3, 0.4) is 0 Å². The monoisotopic (exact) mass is 323 g/mol. The van der Waals surface area contributed by atoms with Gasteiger partial charge in [0.15, 0.2) is 9.84 Å². The van der Waals surface area contributed by atoms with E-state index in [2.05, 4.69) is 5.32 Å². The summed E-state index contributed by atoms with van der Waals surface area (Å²) >= 11 is 0. The number of sulfone groups is 1. The number of rotatable bonds is 7. The molecule has 0 spiro atoms. The van der Waals surface area contributed by atoms with E-state index in [1.54, 1.807) is 0 Å². The SMILES string of the molecule is CC(Cc1ccccc1)C(=O)NCCCC1CCS(=O)(=O)C1. The van der Waals surface area contributed by atoms with Gasteiger partial charge in [-0.2, -0.15) is 0 Å². The van der Waals surface area contributed by atoms with Crippen LogP contribution in [0.5, 0.6) is 0 Å². The van der Waals surface area contributed by atoms with Crippen molar-refractivity contribution in [1.29, 1.82) is 0 Å². The summed E-state index contributed by atoms with van der Waals surface area (Å²) in [6.07, 6.45) is 3.25. The fourth-order valence-electron chi connectivity index (χ4n) is 2.94. The molecular formula is C17H25NO3S. The van der Waals surface area contributed by atoms with Crippen LogP contribution in [-0.4, -0.2) is 32.4 Å². The van der Waals surface area contributed by atoms with Crippen LogP contribution in [-0.2, 0) is 21.1 Å². The van der Waals surface area contributed by atoms with Crippen LogP contribution in [0.15, 0.2) is 30.3 Å². The Hall–Kier alpha value is -1.36. The lowest BCUT2D eigenvalue weighted by Gasteiger charge is -2.13. The van der Waals surface area contributed by atoms with Crippen LogP contribution in [0.4, 0.5) is 0 Å². The highest BCUT2D eigenvalue weighted by atomic mass is 32.2. The molecule has 2 unspecified atom stereocenters. The van der Waals surface area contributed by atoms with Gasteiger partial charge in [0.2, 0.25) is 5.91 Å². The Kier molecular flexibility index (Phi) is 6.00. The van der Waals surface area contributed by atoms with E-state index in [4.69, 9.17) is 0 Å². The Balaban J connectivity index is 1.63. The lowest BCUT2D eigenvalue weighted by molar-refractivity contribution is -0.124. The smallest absolute Gasteiger partial charge is 0.223 e. The lowest BCUT2D eigenvalue weighted by Crippen LogP contribution is -2.31. The standard InChI is InChI=1S/C17H25NO3S/c1-14(12-15-6-3-2-4-7-15)17(19)18-10-5-8-16-9-11-22(20,21)13-16/h2-4,6-7,14,16H,5,8-13H2,1H3,(H,18,19). The maximum atomic E-state index is 12.0. The average molecular weight is 323 g/mol. The van der Waals surface area contributed by atoms with Gasteiger partial charge in [-0.15, -0.1) is 0 Å². The molecule has 1 N–H and O–H groups in total. The molecule has 0 saturated carbocycles. The number of amides is 1. The van der Waals surface area contributed by atoms with Crippen LogP contribution in [0.25, 0.3) is 0 Å². The molecule has 1 aliphatic heterocycles. The normalized spacial score (nSPS) is 21.4. The molecule has 4 nitrogen and oxygen atoms in total. The third-order valence-corrected chi connectivity index (χ3v) is 6.08. The number of benzene rings is 1. The van der Waals surface area contributed by atoms with Gasteiger partial charge < -0.3 is 5.32 Å². The highest BCUT2D eigenvalue weighted by molar-refractivity contribution is 7.91. The fraction of sp³-hybridized carbons (Fsp3) is 0.588. The average Bonchev–Trinajstić information content (AvgIpc) is 2.83. The van der Waals surface area contributed by atoms with Crippen molar-refractivity contribution in [3.05, 3.63) is 35.9 Å². The summed E-state index contributed by atoms with van der Waals surface area (Å²) in [6, 6.07) is 10.00. The number of carbonyl (C=O) groups excluding carboxylic acids is 1. The zero-order valence-corrected chi connectivity index (χ0v) is 13.9. The van der Waals surface area contributed by atoms with Gasteiger partial charge in [0, 0.05) is 12.5 Å². The summed E-state index contributed by atoms with van der Waals surface area (Å²) in [5.41, 5.74) is 1.17. The Bertz CT molecular complexity index is 583. The van der Waals surface area contributed by atoms with Crippen LogP contribution in [0, 0.1) is 11.8 Å². The molecular weight excluding hydrogens is 298 g/mol. The van der Waals surface area contributed by atoms with E-state index in [0.29, 0.717) is 18.1 Å². The van der Waals surface area contributed by atoms with E-state index in [1.807, 2.05) is 37.3 Å². The second kappa shape index (κ2) is 7.77. The Labute approximate surface area is 133 Å². The predicted octanol–water partition coefficient (Wildman–Crippen LogP) is 2.20. The van der Waals surface area contributed by atoms with Gasteiger partial charge >= 0.3 is 0 Å².